The van der Waals surface area contributed by atoms with Crippen molar-refractivity contribution in [3.63, 3.8) is 0 Å². The SMILES string of the molecule is CC(C)(C)OC(=O)Nc1cccc2scc(Br)c12. The molecule has 0 saturated heterocycles. The number of carbonyl (C=O) groups is 1. The van der Waals surface area contributed by atoms with E-state index in [4.69, 9.17) is 4.74 Å². The van der Waals surface area contributed by atoms with Crippen LogP contribution in [0.4, 0.5) is 10.5 Å². The molecule has 0 radical (unpaired) electrons. The monoisotopic (exact) mass is 327 g/mol. The molecule has 1 aromatic heterocycles. The molecular formula is C13H14BrNO2S. The minimum absolute atomic E-state index is 0.437. The molecule has 0 spiro atoms. The fourth-order valence-electron chi connectivity index (χ4n) is 1.57. The van der Waals surface area contributed by atoms with Crippen LogP contribution in [-0.2, 0) is 4.74 Å². The van der Waals surface area contributed by atoms with Crippen molar-refractivity contribution >= 4 is 49.1 Å². The lowest BCUT2D eigenvalue weighted by atomic mass is 10.2. The Morgan fingerprint density at radius 1 is 1.39 bits per heavy atom. The van der Waals surface area contributed by atoms with Crippen LogP contribution in [0.15, 0.2) is 28.1 Å². The number of fused-ring (bicyclic) bond motifs is 1. The topological polar surface area (TPSA) is 38.3 Å². The maximum absolute atomic E-state index is 11.8. The minimum atomic E-state index is -0.496. The van der Waals surface area contributed by atoms with Crippen molar-refractivity contribution in [2.75, 3.05) is 5.32 Å². The summed E-state index contributed by atoms with van der Waals surface area (Å²) in [6.07, 6.45) is -0.437. The molecule has 2 rings (SSSR count). The fourth-order valence-corrected chi connectivity index (χ4v) is 3.25. The van der Waals surface area contributed by atoms with Crippen LogP contribution in [0.5, 0.6) is 0 Å². The second kappa shape index (κ2) is 4.90. The molecule has 96 valence electrons. The molecule has 0 bridgehead atoms. The zero-order valence-electron chi connectivity index (χ0n) is 10.4. The van der Waals surface area contributed by atoms with Gasteiger partial charge in [0, 0.05) is 19.9 Å². The largest absolute Gasteiger partial charge is 0.444 e. The van der Waals surface area contributed by atoms with Crippen LogP contribution >= 0.6 is 27.3 Å². The molecule has 3 nitrogen and oxygen atoms in total. The Morgan fingerprint density at radius 2 is 2.11 bits per heavy atom. The number of hydrogen-bond donors (Lipinski definition) is 1. The van der Waals surface area contributed by atoms with Crippen LogP contribution in [0.1, 0.15) is 20.8 Å². The zero-order valence-corrected chi connectivity index (χ0v) is 12.8. The van der Waals surface area contributed by atoms with Gasteiger partial charge in [0.15, 0.2) is 0 Å². The van der Waals surface area contributed by atoms with Gasteiger partial charge in [0.2, 0.25) is 0 Å². The van der Waals surface area contributed by atoms with Gasteiger partial charge in [-0.05, 0) is 48.8 Å². The summed E-state index contributed by atoms with van der Waals surface area (Å²) in [5.41, 5.74) is 0.263. The lowest BCUT2D eigenvalue weighted by Gasteiger charge is -2.19. The molecule has 5 heteroatoms. The molecule has 1 heterocycles. The van der Waals surface area contributed by atoms with Crippen LogP contribution in [0.3, 0.4) is 0 Å². The number of ether oxygens (including phenoxy) is 1. The fraction of sp³-hybridized carbons (Fsp3) is 0.308. The lowest BCUT2D eigenvalue weighted by molar-refractivity contribution is 0.0636. The van der Waals surface area contributed by atoms with Gasteiger partial charge in [0.1, 0.15) is 5.60 Å². The van der Waals surface area contributed by atoms with Crippen molar-refractivity contribution in [3.8, 4) is 0 Å². The first kappa shape index (κ1) is 13.4. The molecule has 1 aromatic carbocycles. The Hall–Kier alpha value is -1.07. The Morgan fingerprint density at radius 3 is 2.78 bits per heavy atom. The number of amides is 1. The molecule has 0 atom stereocenters. The van der Waals surface area contributed by atoms with E-state index >= 15 is 0 Å². The van der Waals surface area contributed by atoms with Gasteiger partial charge in [-0.2, -0.15) is 0 Å². The Balaban J connectivity index is 2.27. The molecule has 0 unspecified atom stereocenters. The van der Waals surface area contributed by atoms with E-state index in [-0.39, 0.29) is 0 Å². The molecule has 1 amide bonds. The smallest absolute Gasteiger partial charge is 0.412 e. The van der Waals surface area contributed by atoms with Gasteiger partial charge >= 0.3 is 6.09 Å². The standard InChI is InChI=1S/C13H14BrNO2S/c1-13(2,3)17-12(16)15-9-5-4-6-10-11(9)8(14)7-18-10/h4-7H,1-3H3,(H,15,16). The quantitative estimate of drug-likeness (QED) is 0.799. The Labute approximate surface area is 118 Å². The highest BCUT2D eigenvalue weighted by Gasteiger charge is 2.17. The lowest BCUT2D eigenvalue weighted by Crippen LogP contribution is -2.27. The molecule has 0 fully saturated rings. The van der Waals surface area contributed by atoms with Gasteiger partial charge in [-0.15, -0.1) is 11.3 Å². The van der Waals surface area contributed by atoms with E-state index in [0.29, 0.717) is 0 Å². The normalized spacial score (nSPS) is 11.6. The highest BCUT2D eigenvalue weighted by Crippen LogP contribution is 2.35. The summed E-state index contributed by atoms with van der Waals surface area (Å²) in [5.74, 6) is 0. The van der Waals surface area contributed by atoms with Crippen molar-refractivity contribution in [1.82, 2.24) is 0 Å². The summed E-state index contributed by atoms with van der Waals surface area (Å²) < 4.78 is 7.35. The van der Waals surface area contributed by atoms with E-state index in [1.165, 1.54) is 0 Å². The third kappa shape index (κ3) is 3.03. The van der Waals surface area contributed by atoms with E-state index in [1.807, 2.05) is 44.4 Å². The number of carbonyl (C=O) groups excluding carboxylic acids is 1. The number of rotatable bonds is 1. The van der Waals surface area contributed by atoms with E-state index < -0.39 is 11.7 Å². The van der Waals surface area contributed by atoms with Crippen LogP contribution in [0, 0.1) is 0 Å². The number of hydrogen-bond acceptors (Lipinski definition) is 3. The Kier molecular flexibility index (Phi) is 3.64. The highest BCUT2D eigenvalue weighted by molar-refractivity contribution is 9.10. The maximum atomic E-state index is 11.8. The van der Waals surface area contributed by atoms with Gasteiger partial charge in [0.05, 0.1) is 5.69 Å². The van der Waals surface area contributed by atoms with Gasteiger partial charge in [-0.3, -0.25) is 5.32 Å². The third-order valence-corrected chi connectivity index (χ3v) is 4.07. The zero-order chi connectivity index (χ0) is 13.3. The molecule has 1 N–H and O–H groups in total. The van der Waals surface area contributed by atoms with E-state index in [9.17, 15) is 4.79 Å². The van der Waals surface area contributed by atoms with Gasteiger partial charge in [-0.1, -0.05) is 6.07 Å². The van der Waals surface area contributed by atoms with Crippen molar-refractivity contribution < 1.29 is 9.53 Å². The second-order valence-corrected chi connectivity index (χ2v) is 6.65. The third-order valence-electron chi connectivity index (χ3n) is 2.19. The molecule has 0 aliphatic rings. The van der Waals surface area contributed by atoms with Gasteiger partial charge in [0.25, 0.3) is 0 Å². The van der Waals surface area contributed by atoms with Gasteiger partial charge in [-0.25, -0.2) is 4.79 Å². The van der Waals surface area contributed by atoms with Crippen molar-refractivity contribution in [2.45, 2.75) is 26.4 Å². The van der Waals surface area contributed by atoms with Crippen LogP contribution < -0.4 is 5.32 Å². The van der Waals surface area contributed by atoms with E-state index in [2.05, 4.69) is 21.2 Å². The number of anilines is 1. The van der Waals surface area contributed by atoms with E-state index in [0.717, 1.165) is 20.2 Å². The summed E-state index contributed by atoms with van der Waals surface area (Å²) in [4.78, 5) is 11.8. The maximum Gasteiger partial charge on any atom is 0.412 e. The number of nitrogens with one attached hydrogen (secondary N) is 1. The molecule has 2 aromatic rings. The highest BCUT2D eigenvalue weighted by atomic mass is 79.9. The van der Waals surface area contributed by atoms with Crippen LogP contribution in [0.2, 0.25) is 0 Å². The molecule has 0 saturated carbocycles. The summed E-state index contributed by atoms with van der Waals surface area (Å²) in [5, 5.41) is 5.80. The van der Waals surface area contributed by atoms with Crippen molar-refractivity contribution in [3.05, 3.63) is 28.1 Å². The number of halogens is 1. The van der Waals surface area contributed by atoms with Crippen LogP contribution in [0.25, 0.3) is 10.1 Å². The van der Waals surface area contributed by atoms with Crippen molar-refractivity contribution in [2.24, 2.45) is 0 Å². The Bertz CT molecular complexity index is 586. The molecule has 0 aliphatic carbocycles. The van der Waals surface area contributed by atoms with E-state index in [1.54, 1.807) is 11.3 Å². The summed E-state index contributed by atoms with van der Waals surface area (Å²) in [6.45, 7) is 5.52. The summed E-state index contributed by atoms with van der Waals surface area (Å²) >= 11 is 5.12. The predicted molar refractivity (Wildman–Crippen MR) is 79.4 cm³/mol. The van der Waals surface area contributed by atoms with Crippen LogP contribution in [-0.4, -0.2) is 11.7 Å². The molecule has 18 heavy (non-hydrogen) atoms. The first-order valence-corrected chi connectivity index (χ1v) is 7.20. The molecular weight excluding hydrogens is 314 g/mol. The average Bonchev–Trinajstić information content (AvgIpc) is 2.58. The first-order chi connectivity index (χ1) is 8.37. The predicted octanol–water partition coefficient (Wildman–Crippen LogP) is 5.01. The number of benzene rings is 1. The van der Waals surface area contributed by atoms with Gasteiger partial charge < -0.3 is 4.74 Å². The minimum Gasteiger partial charge on any atom is -0.444 e. The van der Waals surface area contributed by atoms with Crippen molar-refractivity contribution in [1.29, 1.82) is 0 Å². The summed E-state index contributed by atoms with van der Waals surface area (Å²) in [6, 6.07) is 5.80. The summed E-state index contributed by atoms with van der Waals surface area (Å²) in [7, 11) is 0. The first-order valence-electron chi connectivity index (χ1n) is 5.52. The average molecular weight is 328 g/mol. The number of thiophene rings is 1. The molecule has 0 aliphatic heterocycles. The second-order valence-electron chi connectivity index (χ2n) is 4.89.